The number of hydrogen-bond donors (Lipinski definition) is 1. The predicted molar refractivity (Wildman–Crippen MR) is 73.9 cm³/mol. The van der Waals surface area contributed by atoms with Crippen LogP contribution in [-0.4, -0.2) is 23.1 Å². The van der Waals surface area contributed by atoms with Crippen LogP contribution in [0.2, 0.25) is 0 Å². The Bertz CT molecular complexity index is 527. The third-order valence-corrected chi connectivity index (χ3v) is 2.83. The lowest BCUT2D eigenvalue weighted by molar-refractivity contribution is 0.624. The van der Waals surface area contributed by atoms with Crippen LogP contribution in [0.4, 0.5) is 16.0 Å². The first-order chi connectivity index (χ1) is 9.26. The van der Waals surface area contributed by atoms with Crippen LogP contribution < -0.4 is 10.6 Å². The second kappa shape index (κ2) is 6.24. The third-order valence-electron chi connectivity index (χ3n) is 2.83. The van der Waals surface area contributed by atoms with Crippen LogP contribution in [0.15, 0.2) is 36.7 Å². The van der Waals surface area contributed by atoms with Crippen LogP contribution in [0.3, 0.4) is 0 Å². The van der Waals surface area contributed by atoms with Crippen LogP contribution in [0.25, 0.3) is 0 Å². The molecule has 0 saturated heterocycles. The number of aromatic nitrogens is 2. The highest BCUT2D eigenvalue weighted by Gasteiger charge is 2.13. The van der Waals surface area contributed by atoms with Gasteiger partial charge in [0.15, 0.2) is 0 Å². The summed E-state index contributed by atoms with van der Waals surface area (Å²) in [6.07, 6.45) is 4.21. The van der Waals surface area contributed by atoms with E-state index in [-0.39, 0.29) is 5.82 Å². The molecule has 100 valence electrons. The van der Waals surface area contributed by atoms with Gasteiger partial charge in [-0.3, -0.25) is 0 Å². The highest BCUT2D eigenvalue weighted by Crippen LogP contribution is 2.24. The minimum atomic E-state index is -0.279. The van der Waals surface area contributed by atoms with Crippen molar-refractivity contribution in [2.45, 2.75) is 13.3 Å². The van der Waals surface area contributed by atoms with Crippen LogP contribution in [0.5, 0.6) is 0 Å². The molecule has 0 aliphatic rings. The Labute approximate surface area is 112 Å². The van der Waals surface area contributed by atoms with Gasteiger partial charge in [0.25, 0.3) is 0 Å². The largest absolute Gasteiger partial charge is 0.330 e. The fraction of sp³-hybridized carbons (Fsp3) is 0.286. The lowest BCUT2D eigenvalue weighted by Gasteiger charge is -2.21. The Balaban J connectivity index is 2.29. The van der Waals surface area contributed by atoms with Crippen molar-refractivity contribution < 1.29 is 4.39 Å². The van der Waals surface area contributed by atoms with Gasteiger partial charge < -0.3 is 10.6 Å². The lowest BCUT2D eigenvalue weighted by Crippen LogP contribution is -2.20. The summed E-state index contributed by atoms with van der Waals surface area (Å²) in [6.45, 7) is 3.09. The molecule has 4 nitrogen and oxygen atoms in total. The molecule has 0 bridgehead atoms. The fourth-order valence-corrected chi connectivity index (χ4v) is 1.87. The third kappa shape index (κ3) is 3.06. The van der Waals surface area contributed by atoms with Crippen LogP contribution in [0.1, 0.15) is 12.5 Å². The van der Waals surface area contributed by atoms with Crippen molar-refractivity contribution in [2.75, 3.05) is 18.0 Å². The second-order valence-electron chi connectivity index (χ2n) is 4.13. The van der Waals surface area contributed by atoms with Crippen molar-refractivity contribution in [2.24, 2.45) is 5.73 Å². The number of para-hydroxylation sites is 1. The van der Waals surface area contributed by atoms with E-state index in [0.717, 1.165) is 12.0 Å². The van der Waals surface area contributed by atoms with E-state index in [1.165, 1.54) is 6.07 Å². The number of nitrogens with zero attached hydrogens (tertiary/aromatic N) is 3. The normalized spacial score (nSPS) is 10.5. The molecule has 1 heterocycles. The molecule has 5 heteroatoms. The van der Waals surface area contributed by atoms with Gasteiger partial charge in [-0.2, -0.15) is 0 Å². The first kappa shape index (κ1) is 13.4. The Morgan fingerprint density at radius 1 is 1.21 bits per heavy atom. The minimum absolute atomic E-state index is 0.279. The van der Waals surface area contributed by atoms with Crippen molar-refractivity contribution in [1.82, 2.24) is 9.97 Å². The molecule has 0 radical (unpaired) electrons. The summed E-state index contributed by atoms with van der Waals surface area (Å²) < 4.78 is 13.8. The van der Waals surface area contributed by atoms with Crippen LogP contribution >= 0.6 is 0 Å². The quantitative estimate of drug-likeness (QED) is 0.896. The highest BCUT2D eigenvalue weighted by atomic mass is 19.1. The topological polar surface area (TPSA) is 55.0 Å². The molecule has 0 fully saturated rings. The molecular formula is C14H17FN4. The van der Waals surface area contributed by atoms with Crippen molar-refractivity contribution >= 4 is 11.6 Å². The molecule has 1 aromatic carbocycles. The van der Waals surface area contributed by atoms with E-state index in [1.807, 2.05) is 6.92 Å². The number of nitrogens with two attached hydrogens (primary N) is 1. The molecule has 2 rings (SSSR count). The van der Waals surface area contributed by atoms with E-state index in [4.69, 9.17) is 5.73 Å². The van der Waals surface area contributed by atoms with E-state index in [2.05, 4.69) is 9.97 Å². The maximum absolute atomic E-state index is 13.8. The van der Waals surface area contributed by atoms with E-state index in [0.29, 0.717) is 24.7 Å². The van der Waals surface area contributed by atoms with Gasteiger partial charge in [0, 0.05) is 18.9 Å². The van der Waals surface area contributed by atoms with Gasteiger partial charge in [-0.15, -0.1) is 0 Å². The standard InChI is InChI=1S/C14H17FN4/c1-2-19(13-6-4-3-5-12(13)15)14-17-9-11(7-8-16)10-18-14/h3-6,9-10H,2,7-8,16H2,1H3. The maximum Gasteiger partial charge on any atom is 0.229 e. The second-order valence-corrected chi connectivity index (χ2v) is 4.13. The monoisotopic (exact) mass is 260 g/mol. The van der Waals surface area contributed by atoms with Gasteiger partial charge in [-0.1, -0.05) is 12.1 Å². The SMILES string of the molecule is CCN(c1ncc(CCN)cn1)c1ccccc1F. The summed E-state index contributed by atoms with van der Waals surface area (Å²) in [5.74, 6) is 0.215. The Hall–Kier alpha value is -2.01. The molecule has 0 saturated carbocycles. The van der Waals surface area contributed by atoms with E-state index >= 15 is 0 Å². The Morgan fingerprint density at radius 3 is 2.47 bits per heavy atom. The number of rotatable bonds is 5. The summed E-state index contributed by atoms with van der Waals surface area (Å²) >= 11 is 0. The summed E-state index contributed by atoms with van der Waals surface area (Å²) in [5, 5.41) is 0. The molecule has 0 aliphatic carbocycles. The molecule has 2 aromatic rings. The lowest BCUT2D eigenvalue weighted by atomic mass is 10.2. The first-order valence-corrected chi connectivity index (χ1v) is 6.29. The van der Waals surface area contributed by atoms with E-state index in [1.54, 1.807) is 35.5 Å². The summed E-state index contributed by atoms with van der Waals surface area (Å²) in [4.78, 5) is 10.3. The molecule has 0 amide bonds. The van der Waals surface area contributed by atoms with Crippen molar-refractivity contribution in [1.29, 1.82) is 0 Å². The number of halogens is 1. The molecular weight excluding hydrogens is 243 g/mol. The number of hydrogen-bond acceptors (Lipinski definition) is 4. The average Bonchev–Trinajstić information content (AvgIpc) is 2.44. The van der Waals surface area contributed by atoms with Crippen molar-refractivity contribution in [3.8, 4) is 0 Å². The van der Waals surface area contributed by atoms with Gasteiger partial charge in [-0.25, -0.2) is 14.4 Å². The zero-order valence-electron chi connectivity index (χ0n) is 10.9. The van der Waals surface area contributed by atoms with Crippen molar-refractivity contribution in [3.63, 3.8) is 0 Å². The minimum Gasteiger partial charge on any atom is -0.330 e. The summed E-state index contributed by atoms with van der Waals surface area (Å²) in [5.41, 5.74) is 6.95. The molecule has 0 unspecified atom stereocenters. The summed E-state index contributed by atoms with van der Waals surface area (Å²) in [6, 6.07) is 6.61. The highest BCUT2D eigenvalue weighted by molar-refractivity contribution is 5.57. The predicted octanol–water partition coefficient (Wildman–Crippen LogP) is 2.27. The van der Waals surface area contributed by atoms with Crippen LogP contribution in [0, 0.1) is 5.82 Å². The van der Waals surface area contributed by atoms with E-state index < -0.39 is 0 Å². The van der Waals surface area contributed by atoms with Gasteiger partial charge in [0.1, 0.15) is 5.82 Å². The maximum atomic E-state index is 13.8. The van der Waals surface area contributed by atoms with Gasteiger partial charge in [0.2, 0.25) is 5.95 Å². The van der Waals surface area contributed by atoms with Gasteiger partial charge in [-0.05, 0) is 37.6 Å². The van der Waals surface area contributed by atoms with Gasteiger partial charge in [0.05, 0.1) is 5.69 Å². The van der Waals surface area contributed by atoms with Crippen molar-refractivity contribution in [3.05, 3.63) is 48.0 Å². The number of benzene rings is 1. The van der Waals surface area contributed by atoms with Gasteiger partial charge >= 0.3 is 0 Å². The van der Waals surface area contributed by atoms with Crippen LogP contribution in [-0.2, 0) is 6.42 Å². The first-order valence-electron chi connectivity index (χ1n) is 6.29. The molecule has 0 spiro atoms. The zero-order chi connectivity index (χ0) is 13.7. The zero-order valence-corrected chi connectivity index (χ0v) is 10.9. The molecule has 2 N–H and O–H groups in total. The molecule has 19 heavy (non-hydrogen) atoms. The smallest absolute Gasteiger partial charge is 0.229 e. The fourth-order valence-electron chi connectivity index (χ4n) is 1.87. The number of anilines is 2. The molecule has 0 atom stereocenters. The molecule has 0 aliphatic heterocycles. The Morgan fingerprint density at radius 2 is 1.89 bits per heavy atom. The Kier molecular flexibility index (Phi) is 4.41. The summed E-state index contributed by atoms with van der Waals surface area (Å²) in [7, 11) is 0. The molecule has 1 aromatic heterocycles. The average molecular weight is 260 g/mol. The van der Waals surface area contributed by atoms with E-state index in [9.17, 15) is 4.39 Å².